The summed E-state index contributed by atoms with van der Waals surface area (Å²) in [5.41, 5.74) is 0.135. The number of alkyl carbamates (subject to hydrolysis) is 1. The number of nitrogens with one attached hydrogen (secondary N) is 2. The second kappa shape index (κ2) is 18.7. The molecule has 5 rings (SSSR count). The fourth-order valence-electron chi connectivity index (χ4n) is 8.42. The van der Waals surface area contributed by atoms with Gasteiger partial charge in [-0.25, -0.2) is 18.8 Å². The Morgan fingerprint density at radius 3 is 2.23 bits per heavy atom. The summed E-state index contributed by atoms with van der Waals surface area (Å²) in [5, 5.41) is 6.25. The van der Waals surface area contributed by atoms with Crippen molar-refractivity contribution < 1.29 is 56.5 Å². The van der Waals surface area contributed by atoms with Crippen LogP contribution in [0.3, 0.4) is 0 Å². The Bertz CT molecular complexity index is 1690. The minimum Gasteiger partial charge on any atom is -0.449 e. The van der Waals surface area contributed by atoms with Crippen molar-refractivity contribution in [2.75, 3.05) is 25.6 Å². The molecule has 2 aromatic rings. The molecule has 2 heterocycles. The second-order valence-corrected chi connectivity index (χ2v) is 16.6. The predicted octanol–water partition coefficient (Wildman–Crippen LogP) is 7.53. The average Bonchev–Trinajstić information content (AvgIpc) is 3.78. The number of alkyl halides is 1. The third-order valence-corrected chi connectivity index (χ3v) is 11.1. The molecule has 310 valence electrons. The zero-order valence-corrected chi connectivity index (χ0v) is 33.6. The van der Waals surface area contributed by atoms with Crippen LogP contribution in [0.5, 0.6) is 0 Å². The summed E-state index contributed by atoms with van der Waals surface area (Å²) in [6, 6.07) is 5.06. The van der Waals surface area contributed by atoms with Crippen LogP contribution in [0.25, 0.3) is 11.0 Å². The zero-order chi connectivity index (χ0) is 40.7. The first-order valence-electron chi connectivity index (χ1n) is 19.9. The molecule has 0 spiro atoms. The number of likely N-dealkylation sites (tertiary alicyclic amines) is 1. The summed E-state index contributed by atoms with van der Waals surface area (Å²) >= 11 is 0. The van der Waals surface area contributed by atoms with Crippen molar-refractivity contribution in [1.82, 2.24) is 10.2 Å². The Labute approximate surface area is 327 Å². The highest BCUT2D eigenvalue weighted by Crippen LogP contribution is 2.42. The van der Waals surface area contributed by atoms with Crippen molar-refractivity contribution in [3.05, 3.63) is 30.0 Å². The Morgan fingerprint density at radius 2 is 1.61 bits per heavy atom. The van der Waals surface area contributed by atoms with Gasteiger partial charge in [-0.2, -0.15) is 0 Å². The van der Waals surface area contributed by atoms with Crippen LogP contribution >= 0.6 is 0 Å². The zero-order valence-electron chi connectivity index (χ0n) is 33.6. The highest BCUT2D eigenvalue weighted by molar-refractivity contribution is 6.00. The lowest BCUT2D eigenvalue weighted by atomic mass is 9.75. The smallest absolute Gasteiger partial charge is 0.449 e. The molecule has 2 saturated carbocycles. The number of amides is 3. The number of hydrogen-bond donors (Lipinski definition) is 2. The summed E-state index contributed by atoms with van der Waals surface area (Å²) in [4.78, 5) is 67.3. The lowest BCUT2D eigenvalue weighted by Gasteiger charge is -2.38. The van der Waals surface area contributed by atoms with Crippen LogP contribution < -0.4 is 10.6 Å². The van der Waals surface area contributed by atoms with E-state index in [-0.39, 0.29) is 47.4 Å². The molecule has 3 aliphatic rings. The molecule has 4 atom stereocenters. The number of halogens is 1. The molecule has 1 unspecified atom stereocenters. The third-order valence-electron chi connectivity index (χ3n) is 11.1. The van der Waals surface area contributed by atoms with E-state index in [9.17, 15) is 28.4 Å². The molecule has 14 nitrogen and oxygen atoms in total. The van der Waals surface area contributed by atoms with E-state index in [2.05, 4.69) is 10.6 Å². The molecule has 1 aromatic carbocycles. The summed E-state index contributed by atoms with van der Waals surface area (Å²) < 4.78 is 45.8. The van der Waals surface area contributed by atoms with Gasteiger partial charge in [0.15, 0.2) is 0 Å². The maximum absolute atomic E-state index is 14.3. The van der Waals surface area contributed by atoms with Gasteiger partial charge < -0.3 is 43.6 Å². The maximum Gasteiger partial charge on any atom is 0.511 e. The number of methoxy groups -OCH3 is 1. The van der Waals surface area contributed by atoms with E-state index in [0.29, 0.717) is 55.3 Å². The van der Waals surface area contributed by atoms with Gasteiger partial charge in [-0.3, -0.25) is 9.59 Å². The lowest BCUT2D eigenvalue weighted by molar-refractivity contribution is -0.142. The second-order valence-electron chi connectivity index (χ2n) is 16.6. The van der Waals surface area contributed by atoms with Crippen LogP contribution in [0.4, 0.5) is 19.7 Å². The van der Waals surface area contributed by atoms with Crippen molar-refractivity contribution in [2.24, 2.45) is 23.7 Å². The highest BCUT2D eigenvalue weighted by atomic mass is 19.1. The fourth-order valence-corrected chi connectivity index (χ4v) is 8.42. The van der Waals surface area contributed by atoms with Crippen LogP contribution in [-0.2, 0) is 33.3 Å². The number of nitrogens with zero attached hydrogens (tertiary/aromatic N) is 1. The van der Waals surface area contributed by atoms with E-state index in [4.69, 9.17) is 28.1 Å². The van der Waals surface area contributed by atoms with Gasteiger partial charge in [0.05, 0.1) is 18.2 Å². The Kier molecular flexibility index (Phi) is 14.3. The predicted molar refractivity (Wildman–Crippen MR) is 203 cm³/mol. The molecule has 1 aromatic heterocycles. The van der Waals surface area contributed by atoms with Gasteiger partial charge in [-0.05, 0) is 134 Å². The Hall–Kier alpha value is -4.40. The van der Waals surface area contributed by atoms with Gasteiger partial charge in [0.25, 0.3) is 0 Å². The highest BCUT2D eigenvalue weighted by Gasteiger charge is 2.47. The number of rotatable bonds is 12. The summed E-state index contributed by atoms with van der Waals surface area (Å²) in [6.45, 7) is 9.68. The number of carbonyl (C=O) groups excluding carboxylic acids is 5. The van der Waals surface area contributed by atoms with Crippen molar-refractivity contribution in [1.29, 1.82) is 0 Å². The third kappa shape index (κ3) is 11.1. The number of carbonyl (C=O) groups is 5. The van der Waals surface area contributed by atoms with E-state index >= 15 is 0 Å². The van der Waals surface area contributed by atoms with Crippen molar-refractivity contribution in [3.63, 3.8) is 0 Å². The number of benzene rings is 1. The SMILES string of the molecule is COC1CCC([C@@H]2CCN(C(=O)C3CCC([C@@H](CF)NC(=O)OC(C)(C)C)CC3)[C@@H]2C(=O)Nc2ccc3oc(C(=O)OC(C)OC(=O)OC(C)C)cc3c2)CC1. The first-order chi connectivity index (χ1) is 26.5. The van der Waals surface area contributed by atoms with Gasteiger partial charge >= 0.3 is 18.2 Å². The molecular formula is C41H58FN3O11. The van der Waals surface area contributed by atoms with Crippen molar-refractivity contribution in [2.45, 2.75) is 136 Å². The van der Waals surface area contributed by atoms with E-state index in [1.165, 1.54) is 13.0 Å². The van der Waals surface area contributed by atoms with Gasteiger partial charge in [0.1, 0.15) is 23.9 Å². The van der Waals surface area contributed by atoms with Crippen LogP contribution in [0.2, 0.25) is 0 Å². The van der Waals surface area contributed by atoms with E-state index < -0.39 is 55.0 Å². The van der Waals surface area contributed by atoms with Gasteiger partial charge in [-0.15, -0.1) is 0 Å². The van der Waals surface area contributed by atoms with Crippen LogP contribution in [0.1, 0.15) is 110 Å². The molecule has 1 saturated heterocycles. The first-order valence-corrected chi connectivity index (χ1v) is 19.9. The average molecular weight is 788 g/mol. The van der Waals surface area contributed by atoms with Crippen molar-refractivity contribution >= 4 is 46.7 Å². The van der Waals surface area contributed by atoms with E-state index in [0.717, 1.165) is 25.7 Å². The minimum atomic E-state index is -1.23. The van der Waals surface area contributed by atoms with Crippen LogP contribution in [-0.4, -0.2) is 91.4 Å². The molecule has 0 radical (unpaired) electrons. The molecule has 15 heteroatoms. The van der Waals surface area contributed by atoms with E-state index in [1.807, 2.05) is 0 Å². The molecule has 2 N–H and O–H groups in total. The number of anilines is 1. The molecule has 0 bridgehead atoms. The Morgan fingerprint density at radius 1 is 0.911 bits per heavy atom. The lowest BCUT2D eigenvalue weighted by Crippen LogP contribution is -2.50. The van der Waals surface area contributed by atoms with Crippen molar-refractivity contribution in [3.8, 4) is 0 Å². The molecule has 3 amide bonds. The number of ether oxygens (including phenoxy) is 5. The monoisotopic (exact) mass is 787 g/mol. The number of hydrogen-bond acceptors (Lipinski definition) is 11. The first kappa shape index (κ1) is 42.7. The Balaban J connectivity index is 1.26. The normalized spacial score (nSPS) is 25.3. The number of fused-ring (bicyclic) bond motifs is 1. The topological polar surface area (TPSA) is 172 Å². The molecule has 56 heavy (non-hydrogen) atoms. The number of esters is 1. The fraction of sp³-hybridized carbons (Fsp3) is 0.683. The largest absolute Gasteiger partial charge is 0.511 e. The molecular weight excluding hydrogens is 729 g/mol. The van der Waals surface area contributed by atoms with Gasteiger partial charge in [0, 0.05) is 37.6 Å². The van der Waals surface area contributed by atoms with Crippen LogP contribution in [0.15, 0.2) is 28.7 Å². The summed E-state index contributed by atoms with van der Waals surface area (Å²) in [7, 11) is 1.72. The summed E-state index contributed by atoms with van der Waals surface area (Å²) in [5.74, 6) is -1.58. The summed E-state index contributed by atoms with van der Waals surface area (Å²) in [6.07, 6.45) is 3.40. The maximum atomic E-state index is 14.3. The van der Waals surface area contributed by atoms with Crippen LogP contribution in [0, 0.1) is 23.7 Å². The molecule has 1 aliphatic heterocycles. The van der Waals surface area contributed by atoms with E-state index in [1.54, 1.807) is 64.8 Å². The standard InChI is InChI=1S/C41H58FN3O11/c1-23(2)52-40(50)54-24(3)53-38(48)34-21-28-20-29(14-17-33(28)55-34)43-36(46)35-31(25-12-15-30(51-7)16-13-25)18-19-45(35)37(47)27-10-8-26(9-11-27)32(22-42)44-39(49)56-41(4,5)6/h14,17,20-21,23-27,30-32,35H,8-13,15-16,18-19,22H2,1-7H3,(H,43,46)(H,44,49)/t24?,25?,26?,27?,30?,31-,32+,35-/m0/s1. The number of furan rings is 1. The van der Waals surface area contributed by atoms with Gasteiger partial charge in [0.2, 0.25) is 23.9 Å². The molecule has 3 fully saturated rings. The molecule has 2 aliphatic carbocycles. The van der Waals surface area contributed by atoms with Gasteiger partial charge in [-0.1, -0.05) is 0 Å². The quantitative estimate of drug-likeness (QED) is 0.124. The minimum absolute atomic E-state index is 0.0388.